The van der Waals surface area contributed by atoms with Crippen molar-refractivity contribution in [2.24, 2.45) is 0 Å². The standard InChI is InChI=1S/C14H7F5O2/c15-11-6-2-5-10(12(11)16)13(20)8-3-1-4-9(7-8)21-14(17,18)19/h1-7H. The van der Waals surface area contributed by atoms with E-state index in [9.17, 15) is 26.7 Å². The molecule has 0 bridgehead atoms. The second-order valence-corrected chi connectivity index (χ2v) is 4.01. The molecular formula is C14H7F5O2. The normalized spacial score (nSPS) is 11.3. The third-order valence-corrected chi connectivity index (χ3v) is 2.53. The Morgan fingerprint density at radius 2 is 1.67 bits per heavy atom. The molecule has 7 heteroatoms. The molecule has 0 unspecified atom stereocenters. The van der Waals surface area contributed by atoms with Gasteiger partial charge >= 0.3 is 6.36 Å². The molecule has 0 aliphatic heterocycles. The van der Waals surface area contributed by atoms with Crippen molar-refractivity contribution in [3.05, 3.63) is 65.2 Å². The van der Waals surface area contributed by atoms with Crippen molar-refractivity contribution in [3.63, 3.8) is 0 Å². The number of benzene rings is 2. The highest BCUT2D eigenvalue weighted by Crippen LogP contribution is 2.25. The number of ether oxygens (including phenoxy) is 1. The van der Waals surface area contributed by atoms with Gasteiger partial charge in [-0.15, -0.1) is 13.2 Å². The number of carbonyl (C=O) groups excluding carboxylic acids is 1. The summed E-state index contributed by atoms with van der Waals surface area (Å²) in [5, 5.41) is 0. The number of hydrogen-bond acceptors (Lipinski definition) is 2. The van der Waals surface area contributed by atoms with E-state index in [1.165, 1.54) is 6.07 Å². The van der Waals surface area contributed by atoms with E-state index >= 15 is 0 Å². The maximum atomic E-state index is 13.5. The highest BCUT2D eigenvalue weighted by molar-refractivity contribution is 6.09. The minimum Gasteiger partial charge on any atom is -0.406 e. The summed E-state index contributed by atoms with van der Waals surface area (Å²) in [5.74, 6) is -4.14. The molecule has 2 aromatic rings. The topological polar surface area (TPSA) is 26.3 Å². The van der Waals surface area contributed by atoms with Crippen LogP contribution >= 0.6 is 0 Å². The predicted molar refractivity (Wildman–Crippen MR) is 62.9 cm³/mol. The van der Waals surface area contributed by atoms with Gasteiger partial charge in [-0.05, 0) is 24.3 Å². The Morgan fingerprint density at radius 1 is 1.00 bits per heavy atom. The molecule has 0 atom stereocenters. The zero-order chi connectivity index (χ0) is 15.6. The van der Waals surface area contributed by atoms with Crippen LogP contribution in [0.1, 0.15) is 15.9 Å². The van der Waals surface area contributed by atoms with Crippen molar-refractivity contribution >= 4 is 5.78 Å². The van der Waals surface area contributed by atoms with Gasteiger partial charge in [-0.1, -0.05) is 18.2 Å². The van der Waals surface area contributed by atoms with E-state index in [1.807, 2.05) is 0 Å². The van der Waals surface area contributed by atoms with Crippen LogP contribution < -0.4 is 4.74 Å². The van der Waals surface area contributed by atoms with Gasteiger partial charge in [-0.3, -0.25) is 4.79 Å². The Balaban J connectivity index is 2.36. The number of carbonyl (C=O) groups is 1. The Labute approximate surface area is 115 Å². The third kappa shape index (κ3) is 3.56. The molecule has 0 radical (unpaired) electrons. The second-order valence-electron chi connectivity index (χ2n) is 4.01. The summed E-state index contributed by atoms with van der Waals surface area (Å²) in [4.78, 5) is 12.0. The molecule has 0 amide bonds. The average Bonchev–Trinajstić information content (AvgIpc) is 2.39. The molecule has 0 aliphatic carbocycles. The quantitative estimate of drug-likeness (QED) is 0.630. The Kier molecular flexibility index (Phi) is 3.93. The van der Waals surface area contributed by atoms with E-state index in [0.29, 0.717) is 0 Å². The van der Waals surface area contributed by atoms with Gasteiger partial charge in [0.1, 0.15) is 5.75 Å². The average molecular weight is 302 g/mol. The molecule has 0 aromatic heterocycles. The molecule has 110 valence electrons. The van der Waals surface area contributed by atoms with E-state index < -0.39 is 35.1 Å². The highest BCUT2D eigenvalue weighted by Gasteiger charge is 2.31. The lowest BCUT2D eigenvalue weighted by molar-refractivity contribution is -0.274. The fourth-order valence-electron chi connectivity index (χ4n) is 1.67. The Hall–Kier alpha value is -2.44. The maximum absolute atomic E-state index is 13.5. The first-order valence-corrected chi connectivity index (χ1v) is 5.62. The first-order valence-electron chi connectivity index (χ1n) is 5.62. The van der Waals surface area contributed by atoms with Gasteiger partial charge in [-0.2, -0.15) is 0 Å². The Bertz CT molecular complexity index is 679. The zero-order valence-electron chi connectivity index (χ0n) is 10.2. The molecule has 2 nitrogen and oxygen atoms in total. The van der Waals surface area contributed by atoms with Gasteiger partial charge in [0.15, 0.2) is 17.4 Å². The van der Waals surface area contributed by atoms with Crippen molar-refractivity contribution in [1.82, 2.24) is 0 Å². The second kappa shape index (κ2) is 5.51. The first kappa shape index (κ1) is 15.0. The summed E-state index contributed by atoms with van der Waals surface area (Å²) >= 11 is 0. The molecule has 2 rings (SSSR count). The number of rotatable bonds is 3. The number of ketones is 1. The summed E-state index contributed by atoms with van der Waals surface area (Å²) < 4.78 is 66.5. The number of hydrogen-bond donors (Lipinski definition) is 0. The van der Waals surface area contributed by atoms with Gasteiger partial charge in [0.2, 0.25) is 0 Å². The largest absolute Gasteiger partial charge is 0.573 e. The van der Waals surface area contributed by atoms with Crippen molar-refractivity contribution < 1.29 is 31.5 Å². The minimum absolute atomic E-state index is 0.249. The number of halogens is 5. The fourth-order valence-corrected chi connectivity index (χ4v) is 1.67. The first-order chi connectivity index (χ1) is 9.78. The van der Waals surface area contributed by atoms with Crippen LogP contribution in [-0.4, -0.2) is 12.1 Å². The van der Waals surface area contributed by atoms with Gasteiger partial charge < -0.3 is 4.74 Å². The van der Waals surface area contributed by atoms with Gasteiger partial charge in [0, 0.05) is 5.56 Å². The molecule has 0 aliphatic rings. The molecule has 0 heterocycles. The summed E-state index contributed by atoms with van der Waals surface area (Å²) in [5.41, 5.74) is -0.819. The lowest BCUT2D eigenvalue weighted by Gasteiger charge is -2.10. The Morgan fingerprint density at radius 3 is 2.33 bits per heavy atom. The summed E-state index contributed by atoms with van der Waals surface area (Å²) in [6, 6.07) is 7.11. The van der Waals surface area contributed by atoms with Crippen LogP contribution in [0.2, 0.25) is 0 Å². The lowest BCUT2D eigenvalue weighted by Crippen LogP contribution is -2.17. The smallest absolute Gasteiger partial charge is 0.406 e. The van der Waals surface area contributed by atoms with Crippen LogP contribution in [0.5, 0.6) is 5.75 Å². The number of alkyl halides is 3. The fraction of sp³-hybridized carbons (Fsp3) is 0.0714. The van der Waals surface area contributed by atoms with Crippen molar-refractivity contribution in [2.75, 3.05) is 0 Å². The van der Waals surface area contributed by atoms with Crippen molar-refractivity contribution in [2.45, 2.75) is 6.36 Å². The van der Waals surface area contributed by atoms with Crippen LogP contribution in [0.15, 0.2) is 42.5 Å². The van der Waals surface area contributed by atoms with E-state index in [-0.39, 0.29) is 5.56 Å². The molecule has 0 spiro atoms. The van der Waals surface area contributed by atoms with Crippen molar-refractivity contribution in [1.29, 1.82) is 0 Å². The molecule has 2 aromatic carbocycles. The predicted octanol–water partition coefficient (Wildman–Crippen LogP) is 4.09. The van der Waals surface area contributed by atoms with E-state index in [0.717, 1.165) is 36.4 Å². The lowest BCUT2D eigenvalue weighted by atomic mass is 10.0. The summed E-state index contributed by atoms with van der Waals surface area (Å²) in [7, 11) is 0. The van der Waals surface area contributed by atoms with E-state index in [2.05, 4.69) is 4.74 Å². The van der Waals surface area contributed by atoms with Crippen LogP contribution in [0.3, 0.4) is 0 Å². The van der Waals surface area contributed by atoms with Crippen LogP contribution in [-0.2, 0) is 0 Å². The maximum Gasteiger partial charge on any atom is 0.573 e. The van der Waals surface area contributed by atoms with Crippen LogP contribution in [0.4, 0.5) is 22.0 Å². The molecule has 0 saturated carbocycles. The molecule has 0 N–H and O–H groups in total. The molecular weight excluding hydrogens is 295 g/mol. The summed E-state index contributed by atoms with van der Waals surface area (Å²) in [6.45, 7) is 0. The van der Waals surface area contributed by atoms with E-state index in [4.69, 9.17) is 0 Å². The SMILES string of the molecule is O=C(c1cccc(OC(F)(F)F)c1)c1cccc(F)c1F. The molecule has 0 saturated heterocycles. The monoisotopic (exact) mass is 302 g/mol. The molecule has 0 fully saturated rings. The van der Waals surface area contributed by atoms with E-state index in [1.54, 1.807) is 0 Å². The van der Waals surface area contributed by atoms with Crippen molar-refractivity contribution in [3.8, 4) is 5.75 Å². The third-order valence-electron chi connectivity index (χ3n) is 2.53. The zero-order valence-corrected chi connectivity index (χ0v) is 10.2. The van der Waals surface area contributed by atoms with Gasteiger partial charge in [0.05, 0.1) is 5.56 Å². The van der Waals surface area contributed by atoms with Crippen LogP contribution in [0.25, 0.3) is 0 Å². The van der Waals surface area contributed by atoms with Gasteiger partial charge in [0.25, 0.3) is 0 Å². The summed E-state index contributed by atoms with van der Waals surface area (Å²) in [6.07, 6.45) is -4.91. The highest BCUT2D eigenvalue weighted by atomic mass is 19.4. The minimum atomic E-state index is -4.91. The molecule has 21 heavy (non-hydrogen) atoms. The van der Waals surface area contributed by atoms with Crippen LogP contribution in [0, 0.1) is 11.6 Å². The van der Waals surface area contributed by atoms with Gasteiger partial charge in [-0.25, -0.2) is 8.78 Å².